The van der Waals surface area contributed by atoms with Crippen LogP contribution in [0.3, 0.4) is 0 Å². The van der Waals surface area contributed by atoms with E-state index in [0.717, 1.165) is 5.57 Å². The molecule has 1 saturated carbocycles. The van der Waals surface area contributed by atoms with Crippen molar-refractivity contribution in [1.29, 1.82) is 0 Å². The van der Waals surface area contributed by atoms with Gasteiger partial charge in [0.1, 0.15) is 17.8 Å². The molecule has 2 heterocycles. The molecule has 3 atom stereocenters. The van der Waals surface area contributed by atoms with E-state index < -0.39 is 17.3 Å². The molecule has 26 heavy (non-hydrogen) atoms. The van der Waals surface area contributed by atoms with Gasteiger partial charge < -0.3 is 18.9 Å². The topological polar surface area (TPSA) is 71.8 Å². The van der Waals surface area contributed by atoms with E-state index in [1.54, 1.807) is 23.3 Å². The number of aromatic nitrogens is 2. The van der Waals surface area contributed by atoms with Crippen LogP contribution < -0.4 is 0 Å². The highest BCUT2D eigenvalue weighted by molar-refractivity contribution is 7.80. The number of fused-ring (bicyclic) bond motifs is 2. The molecule has 4 rings (SSSR count). The Labute approximate surface area is 157 Å². The number of rotatable bonds is 2. The first-order valence-corrected chi connectivity index (χ1v) is 9.11. The van der Waals surface area contributed by atoms with Crippen LogP contribution >= 0.6 is 12.2 Å². The molecule has 2 bridgehead atoms. The third kappa shape index (κ3) is 2.76. The molecule has 3 unspecified atom stereocenters. The molecule has 140 valence electrons. The minimum absolute atomic E-state index is 0.0591. The molecule has 1 aliphatic heterocycles. The van der Waals surface area contributed by atoms with Crippen LogP contribution in [-0.4, -0.2) is 52.9 Å². The van der Waals surface area contributed by atoms with Gasteiger partial charge in [0.15, 0.2) is 5.79 Å². The normalized spacial score (nSPS) is 32.2. The molecule has 2 fully saturated rings. The summed E-state index contributed by atoms with van der Waals surface area (Å²) in [6.45, 7) is 3.10. The lowest BCUT2D eigenvalue weighted by molar-refractivity contribution is -0.240. The predicted molar refractivity (Wildman–Crippen MR) is 95.3 cm³/mol. The third-order valence-corrected chi connectivity index (χ3v) is 5.81. The molecule has 0 radical (unpaired) electrons. The van der Waals surface area contributed by atoms with E-state index in [1.165, 1.54) is 7.11 Å². The number of esters is 1. The van der Waals surface area contributed by atoms with E-state index >= 15 is 0 Å². The molecule has 0 N–H and O–H groups in total. The first kappa shape index (κ1) is 17.6. The molecule has 1 saturated heterocycles. The van der Waals surface area contributed by atoms with Gasteiger partial charge in [0.25, 0.3) is 5.17 Å². The summed E-state index contributed by atoms with van der Waals surface area (Å²) >= 11 is 5.43. The summed E-state index contributed by atoms with van der Waals surface area (Å²) in [4.78, 5) is 17.0. The highest BCUT2D eigenvalue weighted by Gasteiger charge is 2.63. The zero-order chi connectivity index (χ0) is 18.4. The van der Waals surface area contributed by atoms with E-state index in [9.17, 15) is 4.79 Å². The van der Waals surface area contributed by atoms with Crippen LogP contribution in [0.5, 0.6) is 0 Å². The maximum atomic E-state index is 13.0. The number of carbonyl (C=O) groups is 1. The fourth-order valence-corrected chi connectivity index (χ4v) is 4.89. The van der Waals surface area contributed by atoms with Crippen molar-refractivity contribution in [3.63, 3.8) is 0 Å². The van der Waals surface area contributed by atoms with Crippen molar-refractivity contribution < 1.29 is 23.7 Å². The van der Waals surface area contributed by atoms with Gasteiger partial charge in [-0.1, -0.05) is 11.6 Å². The number of imidazole rings is 1. The van der Waals surface area contributed by atoms with Crippen LogP contribution in [0.4, 0.5) is 0 Å². The average Bonchev–Trinajstić information content (AvgIpc) is 3.28. The molecular formula is C18H22N2O5S. The predicted octanol–water partition coefficient (Wildman–Crippen LogP) is 2.06. The quantitative estimate of drug-likeness (QED) is 0.443. The number of methoxy groups -OCH3 is 1. The smallest absolute Gasteiger partial charge is 0.316 e. The molecule has 1 spiro atoms. The highest BCUT2D eigenvalue weighted by Crippen LogP contribution is 2.56. The maximum absolute atomic E-state index is 13.0. The number of carbonyl (C=O) groups excluding carboxylic acids is 1. The van der Waals surface area contributed by atoms with Gasteiger partial charge in [-0.05, 0) is 25.6 Å². The fraction of sp³-hybridized carbons (Fsp3) is 0.611. The summed E-state index contributed by atoms with van der Waals surface area (Å²) in [5, 5.41) is 0.267. The lowest BCUT2D eigenvalue weighted by atomic mass is 9.58. The molecule has 1 aromatic heterocycles. The largest absolute Gasteiger partial charge is 0.468 e. The Bertz CT molecular complexity index is 741. The molecule has 0 amide bonds. The number of hydrogen-bond acceptors (Lipinski definition) is 7. The molecule has 3 aliphatic rings. The van der Waals surface area contributed by atoms with E-state index in [1.807, 2.05) is 6.92 Å². The zero-order valence-electron chi connectivity index (χ0n) is 14.8. The summed E-state index contributed by atoms with van der Waals surface area (Å²) in [5.41, 5.74) is 0.243. The van der Waals surface area contributed by atoms with Crippen molar-refractivity contribution in [1.82, 2.24) is 9.55 Å². The molecule has 0 aromatic carbocycles. The van der Waals surface area contributed by atoms with E-state index in [2.05, 4.69) is 11.1 Å². The standard InChI is InChI=1S/C18H22N2O5S/c1-12-7-13-9-18(23-5-6-24-18)10-17(8-12,15(21)22-2)14(13)25-16(26)20-4-3-19-11-20/h3-4,7,11,13-14H,5-6,8-10H2,1-2H3. The number of thiocarbonyl (C=S) groups is 1. The maximum Gasteiger partial charge on any atom is 0.316 e. The molecule has 1 aromatic rings. The average molecular weight is 378 g/mol. The van der Waals surface area contributed by atoms with Crippen molar-refractivity contribution in [3.05, 3.63) is 30.4 Å². The summed E-state index contributed by atoms with van der Waals surface area (Å²) < 4.78 is 24.9. The first-order chi connectivity index (χ1) is 12.5. The van der Waals surface area contributed by atoms with Crippen molar-refractivity contribution in [2.45, 2.75) is 38.1 Å². The fourth-order valence-electron chi connectivity index (χ4n) is 4.68. The Hall–Kier alpha value is -1.77. The summed E-state index contributed by atoms with van der Waals surface area (Å²) in [6, 6.07) is 0. The van der Waals surface area contributed by atoms with Crippen LogP contribution in [0.25, 0.3) is 0 Å². The van der Waals surface area contributed by atoms with E-state index in [4.69, 9.17) is 31.2 Å². The van der Waals surface area contributed by atoms with Crippen molar-refractivity contribution in [2.24, 2.45) is 11.3 Å². The minimum atomic E-state index is -0.897. The Kier molecular flexibility index (Phi) is 4.37. The van der Waals surface area contributed by atoms with Gasteiger partial charge in [0, 0.05) is 31.2 Å². The van der Waals surface area contributed by atoms with Crippen LogP contribution in [0, 0.1) is 11.3 Å². The molecule has 7 nitrogen and oxygen atoms in total. The van der Waals surface area contributed by atoms with Gasteiger partial charge in [-0.25, -0.2) is 4.98 Å². The Morgan fingerprint density at radius 1 is 1.42 bits per heavy atom. The SMILES string of the molecule is COC(=O)C12CC(C)=CC(CC3(C1)OCCO3)C2OC(=S)n1ccnc1. The molecule has 8 heteroatoms. The van der Waals surface area contributed by atoms with Crippen LogP contribution in [0.15, 0.2) is 30.4 Å². The van der Waals surface area contributed by atoms with Gasteiger partial charge in [0.05, 0.1) is 20.3 Å². The van der Waals surface area contributed by atoms with Crippen LogP contribution in [0.2, 0.25) is 0 Å². The van der Waals surface area contributed by atoms with Gasteiger partial charge in [-0.2, -0.15) is 0 Å². The third-order valence-electron chi connectivity index (χ3n) is 5.51. The van der Waals surface area contributed by atoms with Gasteiger partial charge in [-0.15, -0.1) is 0 Å². The lowest BCUT2D eigenvalue weighted by Crippen LogP contribution is -2.60. The Morgan fingerprint density at radius 2 is 2.19 bits per heavy atom. The summed E-state index contributed by atoms with van der Waals surface area (Å²) in [5.74, 6) is -1.13. The molecular weight excluding hydrogens is 356 g/mol. The highest BCUT2D eigenvalue weighted by atomic mass is 32.1. The number of allylic oxidation sites excluding steroid dienone is 1. The number of ether oxygens (including phenoxy) is 4. The Morgan fingerprint density at radius 3 is 2.85 bits per heavy atom. The summed E-state index contributed by atoms with van der Waals surface area (Å²) in [7, 11) is 1.41. The second kappa shape index (κ2) is 6.44. The summed E-state index contributed by atoms with van der Waals surface area (Å²) in [6.07, 6.45) is 8.19. The number of hydrogen-bond donors (Lipinski definition) is 0. The van der Waals surface area contributed by atoms with Crippen molar-refractivity contribution in [3.8, 4) is 0 Å². The van der Waals surface area contributed by atoms with Crippen LogP contribution in [-0.2, 0) is 23.7 Å². The first-order valence-electron chi connectivity index (χ1n) is 8.71. The second-order valence-electron chi connectivity index (χ2n) is 7.26. The monoisotopic (exact) mass is 378 g/mol. The Balaban J connectivity index is 1.72. The van der Waals surface area contributed by atoms with E-state index in [0.29, 0.717) is 32.5 Å². The van der Waals surface area contributed by atoms with Crippen molar-refractivity contribution in [2.75, 3.05) is 20.3 Å². The van der Waals surface area contributed by atoms with Gasteiger partial charge in [0.2, 0.25) is 0 Å². The van der Waals surface area contributed by atoms with E-state index in [-0.39, 0.29) is 17.1 Å². The second-order valence-corrected chi connectivity index (χ2v) is 7.61. The van der Waals surface area contributed by atoms with Gasteiger partial charge in [-0.3, -0.25) is 9.36 Å². The van der Waals surface area contributed by atoms with Crippen molar-refractivity contribution >= 4 is 23.4 Å². The van der Waals surface area contributed by atoms with Crippen LogP contribution in [0.1, 0.15) is 26.2 Å². The zero-order valence-corrected chi connectivity index (χ0v) is 15.7. The minimum Gasteiger partial charge on any atom is -0.468 e. The number of nitrogens with zero attached hydrogens (tertiary/aromatic N) is 2. The molecule has 2 aliphatic carbocycles. The van der Waals surface area contributed by atoms with Gasteiger partial charge >= 0.3 is 5.97 Å². The lowest BCUT2D eigenvalue weighted by Gasteiger charge is -2.52.